The van der Waals surface area contributed by atoms with Crippen LogP contribution in [-0.2, 0) is 16.0 Å². The molecule has 0 unspecified atom stereocenters. The molecule has 0 aliphatic carbocycles. The average Bonchev–Trinajstić information content (AvgIpc) is 2.40. The van der Waals surface area contributed by atoms with E-state index in [1.165, 1.54) is 11.1 Å². The Morgan fingerprint density at radius 3 is 2.65 bits per heavy atom. The SMILES string of the molecule is Cc1cccc(CCC(=O)NCCCCCC(=O)O)c1. The summed E-state index contributed by atoms with van der Waals surface area (Å²) in [4.78, 5) is 22.0. The molecule has 4 nitrogen and oxygen atoms in total. The average molecular weight is 277 g/mol. The second-order valence-electron chi connectivity index (χ2n) is 5.04. The van der Waals surface area contributed by atoms with Crippen LogP contribution >= 0.6 is 0 Å². The van der Waals surface area contributed by atoms with Crippen LogP contribution in [0.3, 0.4) is 0 Å². The van der Waals surface area contributed by atoms with Crippen LogP contribution in [0.15, 0.2) is 24.3 Å². The molecular formula is C16H23NO3. The minimum Gasteiger partial charge on any atom is -0.481 e. The molecule has 0 radical (unpaired) electrons. The van der Waals surface area contributed by atoms with E-state index in [0.717, 1.165) is 19.3 Å². The highest BCUT2D eigenvalue weighted by Gasteiger charge is 2.02. The predicted octanol–water partition coefficient (Wildman–Crippen LogP) is 2.69. The maximum atomic E-state index is 11.6. The van der Waals surface area contributed by atoms with Gasteiger partial charge in [0.1, 0.15) is 0 Å². The summed E-state index contributed by atoms with van der Waals surface area (Å²) in [6.07, 6.45) is 3.81. The molecule has 1 aromatic rings. The van der Waals surface area contributed by atoms with Crippen LogP contribution in [-0.4, -0.2) is 23.5 Å². The third-order valence-corrected chi connectivity index (χ3v) is 3.11. The molecule has 0 saturated carbocycles. The van der Waals surface area contributed by atoms with E-state index in [1.807, 2.05) is 25.1 Å². The summed E-state index contributed by atoms with van der Waals surface area (Å²) in [7, 11) is 0. The summed E-state index contributed by atoms with van der Waals surface area (Å²) in [5.74, 6) is -0.697. The monoisotopic (exact) mass is 277 g/mol. The second-order valence-corrected chi connectivity index (χ2v) is 5.04. The largest absolute Gasteiger partial charge is 0.481 e. The van der Waals surface area contributed by atoms with Crippen molar-refractivity contribution in [3.8, 4) is 0 Å². The van der Waals surface area contributed by atoms with Crippen molar-refractivity contribution in [1.82, 2.24) is 5.32 Å². The van der Waals surface area contributed by atoms with Crippen molar-refractivity contribution in [1.29, 1.82) is 0 Å². The Morgan fingerprint density at radius 2 is 1.95 bits per heavy atom. The molecule has 20 heavy (non-hydrogen) atoms. The lowest BCUT2D eigenvalue weighted by Gasteiger charge is -2.05. The number of rotatable bonds is 9. The summed E-state index contributed by atoms with van der Waals surface area (Å²) < 4.78 is 0. The zero-order valence-corrected chi connectivity index (χ0v) is 12.0. The molecule has 2 N–H and O–H groups in total. The molecule has 1 rings (SSSR count). The highest BCUT2D eigenvalue weighted by atomic mass is 16.4. The van der Waals surface area contributed by atoms with E-state index in [4.69, 9.17) is 5.11 Å². The van der Waals surface area contributed by atoms with E-state index < -0.39 is 5.97 Å². The molecule has 0 bridgehead atoms. The number of carboxylic acid groups (broad SMARTS) is 1. The number of amides is 1. The number of carbonyl (C=O) groups excluding carboxylic acids is 1. The van der Waals surface area contributed by atoms with Crippen molar-refractivity contribution < 1.29 is 14.7 Å². The molecule has 1 aromatic carbocycles. The minimum atomic E-state index is -0.757. The molecule has 0 heterocycles. The number of carboxylic acids is 1. The summed E-state index contributed by atoms with van der Waals surface area (Å²) >= 11 is 0. The van der Waals surface area contributed by atoms with Crippen LogP contribution in [0.5, 0.6) is 0 Å². The lowest BCUT2D eigenvalue weighted by atomic mass is 10.1. The lowest BCUT2D eigenvalue weighted by molar-refractivity contribution is -0.137. The van der Waals surface area contributed by atoms with Gasteiger partial charge >= 0.3 is 5.97 Å². The molecule has 0 atom stereocenters. The van der Waals surface area contributed by atoms with Crippen molar-refractivity contribution in [3.63, 3.8) is 0 Å². The number of nitrogens with one attached hydrogen (secondary N) is 1. The zero-order chi connectivity index (χ0) is 14.8. The fourth-order valence-corrected chi connectivity index (χ4v) is 2.02. The molecule has 0 fully saturated rings. The highest BCUT2D eigenvalue weighted by molar-refractivity contribution is 5.76. The smallest absolute Gasteiger partial charge is 0.303 e. The number of aryl methyl sites for hydroxylation is 2. The van der Waals surface area contributed by atoms with Crippen LogP contribution in [0.2, 0.25) is 0 Å². The van der Waals surface area contributed by atoms with Gasteiger partial charge in [0.2, 0.25) is 5.91 Å². The quantitative estimate of drug-likeness (QED) is 0.682. The van der Waals surface area contributed by atoms with Gasteiger partial charge in [0.15, 0.2) is 0 Å². The van der Waals surface area contributed by atoms with Crippen LogP contribution in [0, 0.1) is 6.92 Å². The number of hydrogen-bond donors (Lipinski definition) is 2. The Morgan fingerprint density at radius 1 is 1.15 bits per heavy atom. The summed E-state index contributed by atoms with van der Waals surface area (Å²) in [6, 6.07) is 8.18. The predicted molar refractivity (Wildman–Crippen MR) is 78.6 cm³/mol. The van der Waals surface area contributed by atoms with Gasteiger partial charge in [-0.1, -0.05) is 36.2 Å². The van der Waals surface area contributed by atoms with Crippen molar-refractivity contribution >= 4 is 11.9 Å². The normalized spacial score (nSPS) is 10.2. The Bertz CT molecular complexity index is 443. The van der Waals surface area contributed by atoms with Crippen molar-refractivity contribution in [2.45, 2.75) is 45.4 Å². The first-order valence-corrected chi connectivity index (χ1v) is 7.12. The Hall–Kier alpha value is -1.84. The third kappa shape index (κ3) is 7.56. The van der Waals surface area contributed by atoms with Gasteiger partial charge < -0.3 is 10.4 Å². The van der Waals surface area contributed by atoms with Gasteiger partial charge in [-0.05, 0) is 31.7 Å². The first-order valence-electron chi connectivity index (χ1n) is 7.12. The first kappa shape index (κ1) is 16.2. The van der Waals surface area contributed by atoms with E-state index in [9.17, 15) is 9.59 Å². The van der Waals surface area contributed by atoms with Crippen LogP contribution < -0.4 is 5.32 Å². The highest BCUT2D eigenvalue weighted by Crippen LogP contribution is 2.06. The molecule has 1 amide bonds. The van der Waals surface area contributed by atoms with Gasteiger partial charge in [-0.15, -0.1) is 0 Å². The van der Waals surface area contributed by atoms with E-state index in [0.29, 0.717) is 19.4 Å². The van der Waals surface area contributed by atoms with Crippen molar-refractivity contribution in [2.24, 2.45) is 0 Å². The van der Waals surface area contributed by atoms with Crippen LogP contribution in [0.1, 0.15) is 43.2 Å². The second kappa shape index (κ2) is 9.13. The number of benzene rings is 1. The number of carbonyl (C=O) groups is 2. The molecule has 4 heteroatoms. The van der Waals surface area contributed by atoms with E-state index in [2.05, 4.69) is 11.4 Å². The number of aliphatic carboxylic acids is 1. The van der Waals surface area contributed by atoms with E-state index >= 15 is 0 Å². The third-order valence-electron chi connectivity index (χ3n) is 3.11. The molecule has 0 aliphatic rings. The molecule has 0 aromatic heterocycles. The fraction of sp³-hybridized carbons (Fsp3) is 0.500. The molecular weight excluding hydrogens is 254 g/mol. The summed E-state index contributed by atoms with van der Waals surface area (Å²) in [5, 5.41) is 11.4. The Balaban J connectivity index is 2.07. The first-order chi connectivity index (χ1) is 9.58. The van der Waals surface area contributed by atoms with Crippen LogP contribution in [0.4, 0.5) is 0 Å². The van der Waals surface area contributed by atoms with Gasteiger partial charge in [0.05, 0.1) is 0 Å². The van der Waals surface area contributed by atoms with Gasteiger partial charge in [0, 0.05) is 19.4 Å². The van der Waals surface area contributed by atoms with Gasteiger partial charge in [-0.3, -0.25) is 9.59 Å². The Labute approximate surface area is 120 Å². The van der Waals surface area contributed by atoms with Gasteiger partial charge in [-0.2, -0.15) is 0 Å². The molecule has 0 aliphatic heterocycles. The number of unbranched alkanes of at least 4 members (excludes halogenated alkanes) is 2. The lowest BCUT2D eigenvalue weighted by Crippen LogP contribution is -2.24. The van der Waals surface area contributed by atoms with Crippen molar-refractivity contribution in [3.05, 3.63) is 35.4 Å². The van der Waals surface area contributed by atoms with E-state index in [-0.39, 0.29) is 12.3 Å². The van der Waals surface area contributed by atoms with Crippen molar-refractivity contribution in [2.75, 3.05) is 6.54 Å². The van der Waals surface area contributed by atoms with Gasteiger partial charge in [-0.25, -0.2) is 0 Å². The van der Waals surface area contributed by atoms with Crippen LogP contribution in [0.25, 0.3) is 0 Å². The standard InChI is InChI=1S/C16H23NO3/c1-13-6-5-7-14(12-13)9-10-15(18)17-11-4-2-3-8-16(19)20/h5-7,12H,2-4,8-11H2,1H3,(H,17,18)(H,19,20). The topological polar surface area (TPSA) is 66.4 Å². The van der Waals surface area contributed by atoms with E-state index in [1.54, 1.807) is 0 Å². The molecule has 0 spiro atoms. The Kier molecular flexibility index (Phi) is 7.40. The summed E-state index contributed by atoms with van der Waals surface area (Å²) in [5.41, 5.74) is 2.39. The molecule has 0 saturated heterocycles. The number of hydrogen-bond acceptors (Lipinski definition) is 2. The fourth-order valence-electron chi connectivity index (χ4n) is 2.02. The summed E-state index contributed by atoms with van der Waals surface area (Å²) in [6.45, 7) is 2.67. The maximum absolute atomic E-state index is 11.6. The minimum absolute atomic E-state index is 0.0599. The van der Waals surface area contributed by atoms with Gasteiger partial charge in [0.25, 0.3) is 0 Å². The molecule has 110 valence electrons. The maximum Gasteiger partial charge on any atom is 0.303 e. The zero-order valence-electron chi connectivity index (χ0n) is 12.0.